The third kappa shape index (κ3) is 4.90. The Bertz CT molecular complexity index is 853. The minimum Gasteiger partial charge on any atom is -0.348 e. The maximum atomic E-state index is 13.1. The number of carbonyl (C=O) groups is 5. The highest BCUT2D eigenvalue weighted by Gasteiger charge is 2.38. The number of urea groups is 1. The van der Waals surface area contributed by atoms with E-state index < -0.39 is 35.8 Å². The number of aromatic amines is 1. The molecule has 31 heavy (non-hydrogen) atoms. The summed E-state index contributed by atoms with van der Waals surface area (Å²) in [7, 11) is 4.54. The van der Waals surface area contributed by atoms with Crippen molar-refractivity contribution in [1.29, 1.82) is 0 Å². The van der Waals surface area contributed by atoms with Gasteiger partial charge in [-0.15, -0.1) is 0 Å². The molecule has 0 aromatic carbocycles. The second-order valence-electron chi connectivity index (χ2n) is 7.88. The average molecular weight is 433 g/mol. The maximum absolute atomic E-state index is 13.1. The van der Waals surface area contributed by atoms with Crippen LogP contribution in [0.5, 0.6) is 0 Å². The zero-order valence-electron chi connectivity index (χ0n) is 17.8. The summed E-state index contributed by atoms with van der Waals surface area (Å²) in [6.07, 6.45) is 4.33. The lowest BCUT2D eigenvalue weighted by molar-refractivity contribution is -0.148. The van der Waals surface area contributed by atoms with Crippen LogP contribution >= 0.6 is 0 Å². The molecule has 0 spiro atoms. The highest BCUT2D eigenvalue weighted by molar-refractivity contribution is 6.04. The van der Waals surface area contributed by atoms with Crippen molar-refractivity contribution in [3.05, 3.63) is 18.2 Å². The van der Waals surface area contributed by atoms with Crippen LogP contribution < -0.4 is 10.6 Å². The van der Waals surface area contributed by atoms with Gasteiger partial charge in [0.25, 0.3) is 5.91 Å². The van der Waals surface area contributed by atoms with Gasteiger partial charge in [-0.3, -0.25) is 33.9 Å². The topological polar surface area (TPSA) is 148 Å². The fourth-order valence-electron chi connectivity index (χ4n) is 3.76. The van der Waals surface area contributed by atoms with Crippen molar-refractivity contribution in [3.63, 3.8) is 0 Å². The Labute approximate surface area is 179 Å². The van der Waals surface area contributed by atoms with Crippen LogP contribution in [0.3, 0.4) is 0 Å². The van der Waals surface area contributed by atoms with Crippen molar-refractivity contribution in [2.24, 2.45) is 0 Å². The Balaban J connectivity index is 1.73. The first-order chi connectivity index (χ1) is 14.7. The zero-order chi connectivity index (χ0) is 22.7. The molecular formula is C19H27N7O5. The number of H-pyrrole nitrogens is 1. The lowest BCUT2D eigenvalue weighted by Crippen LogP contribution is -2.61. The average Bonchev–Trinajstić information content (AvgIpc) is 3.41. The quantitative estimate of drug-likeness (QED) is 0.492. The molecule has 0 radical (unpaired) electrons. The first kappa shape index (κ1) is 22.4. The van der Waals surface area contributed by atoms with Crippen LogP contribution in [0.4, 0.5) is 4.79 Å². The van der Waals surface area contributed by atoms with E-state index in [-0.39, 0.29) is 24.8 Å². The smallest absolute Gasteiger partial charge is 0.324 e. The molecule has 12 nitrogen and oxygen atoms in total. The molecule has 3 heterocycles. The van der Waals surface area contributed by atoms with E-state index in [1.807, 2.05) is 11.9 Å². The van der Waals surface area contributed by atoms with Crippen molar-refractivity contribution in [1.82, 2.24) is 35.3 Å². The molecule has 2 aliphatic heterocycles. The van der Waals surface area contributed by atoms with Crippen LogP contribution in [0.15, 0.2) is 12.5 Å². The van der Waals surface area contributed by atoms with E-state index in [9.17, 15) is 24.0 Å². The largest absolute Gasteiger partial charge is 0.348 e. The summed E-state index contributed by atoms with van der Waals surface area (Å²) in [5, 5.41) is 5.03. The number of likely N-dealkylation sites (tertiary alicyclic amines) is 1. The van der Waals surface area contributed by atoms with Crippen molar-refractivity contribution < 1.29 is 24.0 Å². The molecule has 6 amide bonds. The number of nitrogens with zero attached hydrogens (tertiary/aromatic N) is 4. The Morgan fingerprint density at radius 2 is 2.06 bits per heavy atom. The van der Waals surface area contributed by atoms with Gasteiger partial charge >= 0.3 is 6.03 Å². The first-order valence-electron chi connectivity index (χ1n) is 10.1. The van der Waals surface area contributed by atoms with Gasteiger partial charge in [-0.05, 0) is 26.4 Å². The van der Waals surface area contributed by atoms with Gasteiger partial charge < -0.3 is 15.6 Å². The number of amides is 6. The zero-order valence-corrected chi connectivity index (χ0v) is 17.8. The number of nitrogens with one attached hydrogen (secondary N) is 3. The molecule has 1 aromatic heterocycles. The highest BCUT2D eigenvalue weighted by Crippen LogP contribution is 2.17. The van der Waals surface area contributed by atoms with Gasteiger partial charge in [-0.2, -0.15) is 0 Å². The van der Waals surface area contributed by atoms with Gasteiger partial charge in [0.2, 0.25) is 17.7 Å². The molecule has 2 saturated heterocycles. The predicted octanol–water partition coefficient (Wildman–Crippen LogP) is -1.54. The van der Waals surface area contributed by atoms with Crippen LogP contribution in [0.25, 0.3) is 0 Å². The van der Waals surface area contributed by atoms with Crippen LogP contribution in [0.1, 0.15) is 25.0 Å². The van der Waals surface area contributed by atoms with E-state index in [4.69, 9.17) is 0 Å². The normalized spacial score (nSPS) is 22.7. The van der Waals surface area contributed by atoms with Crippen LogP contribution in [0.2, 0.25) is 0 Å². The lowest BCUT2D eigenvalue weighted by atomic mass is 10.1. The van der Waals surface area contributed by atoms with Crippen LogP contribution in [0, 0.1) is 0 Å². The summed E-state index contributed by atoms with van der Waals surface area (Å²) < 4.78 is 0. The molecule has 0 aliphatic carbocycles. The summed E-state index contributed by atoms with van der Waals surface area (Å²) in [4.78, 5) is 73.1. The fraction of sp³-hybridized carbons (Fsp3) is 0.579. The van der Waals surface area contributed by atoms with Gasteiger partial charge in [0.15, 0.2) is 0 Å². The SMILES string of the molecule is CN1C(=O)CC(C(=O)N[C@@H](Cc2cnc[nH]2)C(=O)N(C)C(=O)[C@@H]2CCCN2C)NC1=O. The number of imide groups is 2. The van der Waals surface area contributed by atoms with Crippen LogP contribution in [-0.2, 0) is 25.6 Å². The van der Waals surface area contributed by atoms with Crippen molar-refractivity contribution >= 4 is 29.7 Å². The predicted molar refractivity (Wildman–Crippen MR) is 107 cm³/mol. The third-order valence-corrected chi connectivity index (χ3v) is 5.73. The number of carbonyl (C=O) groups excluding carboxylic acids is 5. The van der Waals surface area contributed by atoms with Crippen molar-refractivity contribution in [2.45, 2.75) is 43.8 Å². The minimum atomic E-state index is -1.10. The maximum Gasteiger partial charge on any atom is 0.324 e. The Morgan fingerprint density at radius 1 is 1.32 bits per heavy atom. The molecule has 3 atom stereocenters. The standard InChI is InChI=1S/C19H27N7O5/c1-24-6-4-5-14(24)18(30)26(3)17(29)13(7-11-9-20-10-21-11)22-16(28)12-8-15(27)25(2)19(31)23-12/h9-10,12-14H,4-8H2,1-3H3,(H,20,21)(H,22,28)(H,23,31)/t12?,13-,14-/m0/s1. The summed E-state index contributed by atoms with van der Waals surface area (Å²) >= 11 is 0. The van der Waals surface area contributed by atoms with Crippen LogP contribution in [-0.4, -0.2) is 100 Å². The van der Waals surface area contributed by atoms with E-state index >= 15 is 0 Å². The van der Waals surface area contributed by atoms with Crippen molar-refractivity contribution in [2.75, 3.05) is 27.7 Å². The highest BCUT2D eigenvalue weighted by atomic mass is 16.2. The number of hydrogen-bond donors (Lipinski definition) is 3. The minimum absolute atomic E-state index is 0.0667. The Kier molecular flexibility index (Phi) is 6.68. The van der Waals surface area contributed by atoms with Gasteiger partial charge in [-0.1, -0.05) is 0 Å². The molecule has 0 saturated carbocycles. The van der Waals surface area contributed by atoms with Gasteiger partial charge in [0, 0.05) is 32.4 Å². The van der Waals surface area contributed by atoms with E-state index in [0.29, 0.717) is 12.1 Å². The Morgan fingerprint density at radius 3 is 2.65 bits per heavy atom. The van der Waals surface area contributed by atoms with Crippen molar-refractivity contribution in [3.8, 4) is 0 Å². The number of rotatable bonds is 6. The molecule has 3 rings (SSSR count). The molecule has 2 fully saturated rings. The van der Waals surface area contributed by atoms with Gasteiger partial charge in [0.1, 0.15) is 12.1 Å². The van der Waals surface area contributed by atoms with E-state index in [1.54, 1.807) is 0 Å². The Hall–Kier alpha value is -3.28. The molecule has 1 aromatic rings. The molecule has 1 unspecified atom stereocenters. The molecule has 0 bridgehead atoms. The second-order valence-corrected chi connectivity index (χ2v) is 7.88. The van der Waals surface area contributed by atoms with Gasteiger partial charge in [0.05, 0.1) is 18.8 Å². The monoisotopic (exact) mass is 433 g/mol. The van der Waals surface area contributed by atoms with E-state index in [0.717, 1.165) is 22.8 Å². The first-order valence-corrected chi connectivity index (χ1v) is 10.1. The number of hydrogen-bond acceptors (Lipinski definition) is 7. The lowest BCUT2D eigenvalue weighted by Gasteiger charge is -2.30. The second kappa shape index (κ2) is 9.25. The summed E-state index contributed by atoms with van der Waals surface area (Å²) in [6, 6.07) is -3.26. The molecule has 3 N–H and O–H groups in total. The number of aromatic nitrogens is 2. The van der Waals surface area contributed by atoms with E-state index in [1.165, 1.54) is 26.6 Å². The number of likely N-dealkylation sites (N-methyl/N-ethyl adjacent to an activating group) is 2. The molecule has 168 valence electrons. The number of imidazole rings is 1. The summed E-state index contributed by atoms with van der Waals surface area (Å²) in [5.41, 5.74) is 0.584. The molecule has 2 aliphatic rings. The summed E-state index contributed by atoms with van der Waals surface area (Å²) in [5.74, 6) is -2.10. The molecular weight excluding hydrogens is 406 g/mol. The fourth-order valence-corrected chi connectivity index (χ4v) is 3.76. The van der Waals surface area contributed by atoms with E-state index in [2.05, 4.69) is 20.6 Å². The van der Waals surface area contributed by atoms with Gasteiger partial charge in [-0.25, -0.2) is 9.78 Å². The molecule has 12 heteroatoms. The summed E-state index contributed by atoms with van der Waals surface area (Å²) in [6.45, 7) is 0.774. The third-order valence-electron chi connectivity index (χ3n) is 5.73.